The first-order valence-electron chi connectivity index (χ1n) is 8.21. The van der Waals surface area contributed by atoms with Crippen molar-refractivity contribution in [1.29, 1.82) is 0 Å². The number of amides is 1. The Morgan fingerprint density at radius 1 is 1.17 bits per heavy atom. The number of nitrogen functional groups attached to an aromatic ring is 2. The molecule has 0 bridgehead atoms. The minimum absolute atomic E-state index is 0.136. The summed E-state index contributed by atoms with van der Waals surface area (Å²) in [5, 5.41) is 0. The normalized spacial score (nSPS) is 18.6. The largest absolute Gasteiger partial charge is 0.444 e. The van der Waals surface area contributed by atoms with Gasteiger partial charge in [0, 0.05) is 25.2 Å². The molecule has 1 aromatic rings. The van der Waals surface area contributed by atoms with Crippen molar-refractivity contribution in [3.63, 3.8) is 0 Å². The number of likely N-dealkylation sites (tertiary alicyclic amines) is 1. The highest BCUT2D eigenvalue weighted by Gasteiger charge is 2.42. The van der Waals surface area contributed by atoms with Crippen LogP contribution in [0.25, 0.3) is 0 Å². The second-order valence-corrected chi connectivity index (χ2v) is 7.41. The van der Waals surface area contributed by atoms with Crippen molar-refractivity contribution in [1.82, 2.24) is 24.8 Å². The van der Waals surface area contributed by atoms with Gasteiger partial charge >= 0.3 is 6.09 Å². The summed E-state index contributed by atoms with van der Waals surface area (Å²) in [5.41, 5.74) is 10.8. The topological polar surface area (TPSA) is 123 Å². The van der Waals surface area contributed by atoms with E-state index in [4.69, 9.17) is 16.2 Å². The van der Waals surface area contributed by atoms with Crippen molar-refractivity contribution < 1.29 is 9.53 Å². The Bertz CT molecular complexity index is 600. The number of ether oxygens (including phenoxy) is 1. The molecule has 0 spiro atoms. The summed E-state index contributed by atoms with van der Waals surface area (Å²) < 4.78 is 5.40. The number of rotatable bonds is 4. The van der Waals surface area contributed by atoms with Crippen LogP contribution in [0.1, 0.15) is 39.4 Å². The fourth-order valence-electron chi connectivity index (χ4n) is 2.79. The Balaban J connectivity index is 1.59. The van der Waals surface area contributed by atoms with Gasteiger partial charge in [0.2, 0.25) is 11.9 Å². The lowest BCUT2D eigenvalue weighted by Gasteiger charge is -2.45. The molecule has 1 saturated heterocycles. The Morgan fingerprint density at radius 3 is 2.25 bits per heavy atom. The van der Waals surface area contributed by atoms with Gasteiger partial charge in [-0.3, -0.25) is 4.90 Å². The van der Waals surface area contributed by atoms with Gasteiger partial charge in [0.15, 0.2) is 0 Å². The third kappa shape index (κ3) is 4.02. The molecule has 9 heteroatoms. The molecule has 1 saturated carbocycles. The van der Waals surface area contributed by atoms with Crippen LogP contribution in [-0.4, -0.2) is 61.6 Å². The van der Waals surface area contributed by atoms with Crippen LogP contribution in [0.5, 0.6) is 0 Å². The molecular weight excluding hydrogens is 310 g/mol. The van der Waals surface area contributed by atoms with E-state index in [1.165, 1.54) is 0 Å². The van der Waals surface area contributed by atoms with Crippen LogP contribution in [0.2, 0.25) is 0 Å². The third-order valence-electron chi connectivity index (χ3n) is 4.04. The third-order valence-corrected chi connectivity index (χ3v) is 4.04. The quantitative estimate of drug-likeness (QED) is 0.820. The van der Waals surface area contributed by atoms with Gasteiger partial charge in [-0.25, -0.2) is 4.79 Å². The molecule has 9 nitrogen and oxygen atoms in total. The van der Waals surface area contributed by atoms with Crippen molar-refractivity contribution in [3.8, 4) is 0 Å². The number of aromatic nitrogens is 3. The summed E-state index contributed by atoms with van der Waals surface area (Å²) in [6.45, 7) is 7.48. The molecular formula is C15H25N7O2. The van der Waals surface area contributed by atoms with Crippen LogP contribution in [0.4, 0.5) is 16.7 Å². The van der Waals surface area contributed by atoms with Crippen LogP contribution >= 0.6 is 0 Å². The molecule has 2 aliphatic rings. The number of carbonyl (C=O) groups excluding carboxylic acids is 1. The maximum absolute atomic E-state index is 12.1. The Kier molecular flexibility index (Phi) is 4.20. The first-order chi connectivity index (χ1) is 11.2. The predicted octanol–water partition coefficient (Wildman–Crippen LogP) is 0.620. The SMILES string of the molecule is CC(C)(C)OC(=O)N1CC(N(Cc2nc(N)nc(N)n2)C2CC2)C1. The molecule has 1 amide bonds. The first kappa shape index (κ1) is 16.7. The molecule has 2 heterocycles. The summed E-state index contributed by atoms with van der Waals surface area (Å²) in [6, 6.07) is 0.791. The van der Waals surface area contributed by atoms with E-state index in [1.807, 2.05) is 20.8 Å². The molecule has 0 aromatic carbocycles. The predicted molar refractivity (Wildman–Crippen MR) is 88.8 cm³/mol. The van der Waals surface area contributed by atoms with E-state index in [9.17, 15) is 4.79 Å². The number of anilines is 2. The summed E-state index contributed by atoms with van der Waals surface area (Å²) in [6.07, 6.45) is 2.04. The van der Waals surface area contributed by atoms with Crippen molar-refractivity contribution in [2.24, 2.45) is 0 Å². The van der Waals surface area contributed by atoms with Crippen LogP contribution in [-0.2, 0) is 11.3 Å². The van der Waals surface area contributed by atoms with Crippen molar-refractivity contribution in [3.05, 3.63) is 5.82 Å². The lowest BCUT2D eigenvalue weighted by molar-refractivity contribution is -0.0194. The molecule has 0 radical (unpaired) electrons. The molecule has 0 unspecified atom stereocenters. The molecule has 4 N–H and O–H groups in total. The number of nitrogens with two attached hydrogens (primary N) is 2. The first-order valence-corrected chi connectivity index (χ1v) is 8.21. The van der Waals surface area contributed by atoms with E-state index in [1.54, 1.807) is 4.90 Å². The lowest BCUT2D eigenvalue weighted by Crippen LogP contribution is -2.62. The van der Waals surface area contributed by atoms with Crippen LogP contribution in [0.15, 0.2) is 0 Å². The number of carbonyl (C=O) groups is 1. The number of hydrogen-bond acceptors (Lipinski definition) is 8. The van der Waals surface area contributed by atoms with Gasteiger partial charge in [0.1, 0.15) is 11.4 Å². The zero-order valence-corrected chi connectivity index (χ0v) is 14.4. The standard InChI is InChI=1S/C15H25N7O2/c1-15(2,3)24-14(23)21-6-10(7-21)22(9-4-5-9)8-11-18-12(16)20-13(17)19-11/h9-10H,4-8H2,1-3H3,(H4,16,17,18,19,20). The molecule has 3 rings (SSSR count). The Morgan fingerprint density at radius 2 is 1.75 bits per heavy atom. The highest BCUT2D eigenvalue weighted by Crippen LogP contribution is 2.33. The van der Waals surface area contributed by atoms with Gasteiger partial charge < -0.3 is 21.1 Å². The average Bonchev–Trinajstić information content (AvgIpc) is 3.15. The zero-order chi connectivity index (χ0) is 17.5. The molecule has 0 atom stereocenters. The van der Waals surface area contributed by atoms with Gasteiger partial charge in [-0.05, 0) is 33.6 Å². The van der Waals surface area contributed by atoms with E-state index >= 15 is 0 Å². The second kappa shape index (κ2) is 6.04. The van der Waals surface area contributed by atoms with Crippen molar-refractivity contribution >= 4 is 18.0 Å². The van der Waals surface area contributed by atoms with E-state index in [-0.39, 0.29) is 24.0 Å². The lowest BCUT2D eigenvalue weighted by atomic mass is 10.1. The maximum Gasteiger partial charge on any atom is 0.410 e. The summed E-state index contributed by atoms with van der Waals surface area (Å²) in [5.74, 6) is 0.845. The highest BCUT2D eigenvalue weighted by molar-refractivity contribution is 5.69. The Hall–Kier alpha value is -2.16. The van der Waals surface area contributed by atoms with E-state index < -0.39 is 5.60 Å². The monoisotopic (exact) mass is 335 g/mol. The van der Waals surface area contributed by atoms with Crippen LogP contribution in [0, 0.1) is 0 Å². The van der Waals surface area contributed by atoms with E-state index in [0.717, 1.165) is 12.8 Å². The van der Waals surface area contributed by atoms with E-state index in [2.05, 4.69) is 19.9 Å². The molecule has 1 aromatic heterocycles. The van der Waals surface area contributed by atoms with Crippen LogP contribution < -0.4 is 11.5 Å². The molecule has 24 heavy (non-hydrogen) atoms. The van der Waals surface area contributed by atoms with Crippen molar-refractivity contribution in [2.45, 2.75) is 57.8 Å². The number of nitrogens with zero attached hydrogens (tertiary/aromatic N) is 5. The average molecular weight is 335 g/mol. The van der Waals surface area contributed by atoms with E-state index in [0.29, 0.717) is 31.5 Å². The molecule has 132 valence electrons. The summed E-state index contributed by atoms with van der Waals surface area (Å²) in [4.78, 5) is 28.2. The van der Waals surface area contributed by atoms with Gasteiger partial charge in [-0.15, -0.1) is 0 Å². The number of hydrogen-bond donors (Lipinski definition) is 2. The van der Waals surface area contributed by atoms with Gasteiger partial charge in [0.25, 0.3) is 0 Å². The molecule has 1 aliphatic heterocycles. The highest BCUT2D eigenvalue weighted by atomic mass is 16.6. The fourth-order valence-corrected chi connectivity index (χ4v) is 2.79. The summed E-state index contributed by atoms with van der Waals surface area (Å²) in [7, 11) is 0. The minimum Gasteiger partial charge on any atom is -0.444 e. The fraction of sp³-hybridized carbons (Fsp3) is 0.733. The molecule has 2 fully saturated rings. The van der Waals surface area contributed by atoms with Crippen LogP contribution in [0.3, 0.4) is 0 Å². The Labute approximate surface area is 141 Å². The van der Waals surface area contributed by atoms with Crippen molar-refractivity contribution in [2.75, 3.05) is 24.6 Å². The van der Waals surface area contributed by atoms with Gasteiger partial charge in [-0.1, -0.05) is 0 Å². The smallest absolute Gasteiger partial charge is 0.410 e. The molecule has 1 aliphatic carbocycles. The zero-order valence-electron chi connectivity index (χ0n) is 14.4. The second-order valence-electron chi connectivity index (χ2n) is 7.41. The minimum atomic E-state index is -0.474. The van der Waals surface area contributed by atoms with Gasteiger partial charge in [-0.2, -0.15) is 15.0 Å². The van der Waals surface area contributed by atoms with Gasteiger partial charge in [0.05, 0.1) is 6.54 Å². The summed E-state index contributed by atoms with van der Waals surface area (Å²) >= 11 is 0. The maximum atomic E-state index is 12.1.